The number of hydrazone groups is 1. The molecule has 2 aromatic rings. The summed E-state index contributed by atoms with van der Waals surface area (Å²) in [5.41, 5.74) is 3.57. The van der Waals surface area contributed by atoms with Crippen molar-refractivity contribution < 1.29 is 14.3 Å². The van der Waals surface area contributed by atoms with E-state index in [1.165, 1.54) is 5.01 Å². The summed E-state index contributed by atoms with van der Waals surface area (Å²) in [4.78, 5) is 28.6. The highest BCUT2D eigenvalue weighted by Gasteiger charge is 2.27. The Balaban J connectivity index is 1.54. The molecule has 2 aromatic carbocycles. The molecule has 1 fully saturated rings. The molecule has 0 aromatic heterocycles. The maximum atomic E-state index is 13.1. The first-order valence-corrected chi connectivity index (χ1v) is 10.2. The molecule has 30 heavy (non-hydrogen) atoms. The Morgan fingerprint density at radius 2 is 2.00 bits per heavy atom. The Kier molecular flexibility index (Phi) is 5.74. The second-order valence-corrected chi connectivity index (χ2v) is 7.88. The summed E-state index contributed by atoms with van der Waals surface area (Å²) < 4.78 is 5.22. The van der Waals surface area contributed by atoms with E-state index in [2.05, 4.69) is 5.10 Å². The van der Waals surface area contributed by atoms with E-state index in [4.69, 9.17) is 16.3 Å². The minimum atomic E-state index is -0.225. The highest BCUT2D eigenvalue weighted by Crippen LogP contribution is 2.26. The third-order valence-electron chi connectivity index (χ3n) is 5.37. The summed E-state index contributed by atoms with van der Waals surface area (Å²) in [6.45, 7) is 3.14. The average molecular weight is 427 g/mol. The number of carbonyl (C=O) groups excluding carboxylic acids is 2. The minimum absolute atomic E-state index is 0.0436. The van der Waals surface area contributed by atoms with Crippen molar-refractivity contribution >= 4 is 41.1 Å². The van der Waals surface area contributed by atoms with E-state index in [9.17, 15) is 9.59 Å². The number of halogens is 1. The fourth-order valence-electron chi connectivity index (χ4n) is 3.66. The predicted molar refractivity (Wildman–Crippen MR) is 117 cm³/mol. The van der Waals surface area contributed by atoms with E-state index >= 15 is 0 Å². The van der Waals surface area contributed by atoms with E-state index < -0.39 is 0 Å². The van der Waals surface area contributed by atoms with Crippen molar-refractivity contribution in [2.45, 2.75) is 19.4 Å². The van der Waals surface area contributed by atoms with Crippen LogP contribution in [0.4, 0.5) is 16.2 Å². The molecule has 2 aliphatic rings. The van der Waals surface area contributed by atoms with Crippen LogP contribution in [0, 0.1) is 0 Å². The molecule has 1 saturated heterocycles. The lowest BCUT2D eigenvalue weighted by Gasteiger charge is -2.29. The number of fused-ring (bicyclic) bond motifs is 1. The second kappa shape index (κ2) is 8.45. The molecule has 3 amide bonds. The average Bonchev–Trinajstić information content (AvgIpc) is 2.91. The molecule has 0 radical (unpaired) electrons. The lowest BCUT2D eigenvalue weighted by atomic mass is 10.0. The van der Waals surface area contributed by atoms with Gasteiger partial charge in [0, 0.05) is 30.0 Å². The Morgan fingerprint density at radius 3 is 2.73 bits per heavy atom. The number of hydrogen-bond donors (Lipinski definition) is 0. The Morgan fingerprint density at radius 1 is 1.23 bits per heavy atom. The van der Waals surface area contributed by atoms with Crippen LogP contribution in [0.15, 0.2) is 47.6 Å². The molecule has 0 spiro atoms. The maximum Gasteiger partial charge on any atom is 0.344 e. The van der Waals surface area contributed by atoms with Crippen molar-refractivity contribution in [2.24, 2.45) is 5.10 Å². The zero-order valence-electron chi connectivity index (χ0n) is 16.9. The van der Waals surface area contributed by atoms with Crippen LogP contribution in [0.25, 0.3) is 0 Å². The van der Waals surface area contributed by atoms with Gasteiger partial charge in [-0.25, -0.2) is 9.80 Å². The van der Waals surface area contributed by atoms with Crippen LogP contribution < -0.4 is 9.80 Å². The van der Waals surface area contributed by atoms with Crippen LogP contribution in [-0.4, -0.2) is 56.0 Å². The SMILES string of the molecule is CC1Cc2cc(N3CCOCC3=O)ccc2C=NN1C(=O)N(C)c1ccc(Cl)cc1. The molecule has 156 valence electrons. The molecule has 7 nitrogen and oxygen atoms in total. The quantitative estimate of drug-likeness (QED) is 0.737. The van der Waals surface area contributed by atoms with Gasteiger partial charge in [-0.05, 0) is 60.9 Å². The molecular weight excluding hydrogens is 404 g/mol. The smallest absolute Gasteiger partial charge is 0.344 e. The summed E-state index contributed by atoms with van der Waals surface area (Å²) >= 11 is 5.95. The van der Waals surface area contributed by atoms with Crippen LogP contribution in [0.1, 0.15) is 18.1 Å². The van der Waals surface area contributed by atoms with Crippen LogP contribution in [-0.2, 0) is 16.0 Å². The number of carbonyl (C=O) groups is 2. The van der Waals surface area contributed by atoms with E-state index in [0.29, 0.717) is 24.6 Å². The summed E-state index contributed by atoms with van der Waals surface area (Å²) in [6.07, 6.45) is 2.33. The van der Waals surface area contributed by atoms with Gasteiger partial charge in [0.05, 0.1) is 18.9 Å². The maximum absolute atomic E-state index is 13.1. The Hall–Kier alpha value is -2.90. The lowest BCUT2D eigenvalue weighted by Crippen LogP contribution is -2.43. The van der Waals surface area contributed by atoms with Gasteiger partial charge in [-0.1, -0.05) is 17.7 Å². The predicted octanol–water partition coefficient (Wildman–Crippen LogP) is 3.54. The van der Waals surface area contributed by atoms with E-state index in [-0.39, 0.29) is 24.6 Å². The normalized spacial score (nSPS) is 18.8. The number of ether oxygens (including phenoxy) is 1. The monoisotopic (exact) mass is 426 g/mol. The van der Waals surface area contributed by atoms with E-state index in [1.54, 1.807) is 47.3 Å². The highest BCUT2D eigenvalue weighted by atomic mass is 35.5. The van der Waals surface area contributed by atoms with Crippen molar-refractivity contribution in [3.8, 4) is 0 Å². The number of urea groups is 1. The molecule has 4 rings (SSSR count). The molecular formula is C22H23ClN4O3. The van der Waals surface area contributed by atoms with Gasteiger partial charge in [0.2, 0.25) is 0 Å². The van der Waals surface area contributed by atoms with Gasteiger partial charge in [-0.2, -0.15) is 5.10 Å². The third kappa shape index (κ3) is 4.04. The number of nitrogens with zero attached hydrogens (tertiary/aromatic N) is 4. The van der Waals surface area contributed by atoms with Crippen molar-refractivity contribution in [3.05, 3.63) is 58.6 Å². The topological polar surface area (TPSA) is 65.5 Å². The largest absolute Gasteiger partial charge is 0.370 e. The first-order chi connectivity index (χ1) is 14.4. The zero-order valence-corrected chi connectivity index (χ0v) is 17.7. The molecule has 2 aliphatic heterocycles. The van der Waals surface area contributed by atoms with Gasteiger partial charge >= 0.3 is 6.03 Å². The first kappa shape index (κ1) is 20.4. The number of morpholine rings is 1. The van der Waals surface area contributed by atoms with Crippen LogP contribution in [0.2, 0.25) is 5.02 Å². The Labute approximate surface area is 180 Å². The van der Waals surface area contributed by atoms with Gasteiger partial charge < -0.3 is 9.64 Å². The van der Waals surface area contributed by atoms with Gasteiger partial charge in [0.1, 0.15) is 6.61 Å². The van der Waals surface area contributed by atoms with Gasteiger partial charge in [0.25, 0.3) is 5.91 Å². The highest BCUT2D eigenvalue weighted by molar-refractivity contribution is 6.30. The number of benzene rings is 2. The van der Waals surface area contributed by atoms with Gasteiger partial charge in [0.15, 0.2) is 0 Å². The standard InChI is InChI=1S/C22H23ClN4O3/c1-15-11-17-12-20(26-9-10-30-14-21(26)28)6-3-16(17)13-24-27(15)22(29)25(2)19-7-4-18(23)5-8-19/h3-8,12-13,15H,9-11,14H2,1-2H3. The minimum Gasteiger partial charge on any atom is -0.370 e. The summed E-state index contributed by atoms with van der Waals surface area (Å²) in [6, 6.07) is 12.6. The van der Waals surface area contributed by atoms with Crippen molar-refractivity contribution in [1.29, 1.82) is 0 Å². The van der Waals surface area contributed by atoms with Crippen molar-refractivity contribution in [2.75, 3.05) is 36.6 Å². The van der Waals surface area contributed by atoms with E-state index in [1.807, 2.05) is 25.1 Å². The molecule has 0 bridgehead atoms. The van der Waals surface area contributed by atoms with Crippen LogP contribution >= 0.6 is 11.6 Å². The molecule has 1 atom stereocenters. The summed E-state index contributed by atoms with van der Waals surface area (Å²) in [7, 11) is 1.72. The van der Waals surface area contributed by atoms with Gasteiger partial charge in [-0.3, -0.25) is 9.69 Å². The molecule has 0 N–H and O–H groups in total. The number of hydrogen-bond acceptors (Lipinski definition) is 4. The fraction of sp³-hybridized carbons (Fsp3) is 0.318. The first-order valence-electron chi connectivity index (χ1n) is 9.81. The third-order valence-corrected chi connectivity index (χ3v) is 5.63. The number of anilines is 2. The van der Waals surface area contributed by atoms with Crippen LogP contribution in [0.5, 0.6) is 0 Å². The molecule has 8 heteroatoms. The molecule has 2 heterocycles. The van der Waals surface area contributed by atoms with Gasteiger partial charge in [-0.15, -0.1) is 0 Å². The molecule has 0 aliphatic carbocycles. The number of rotatable bonds is 2. The second-order valence-electron chi connectivity index (χ2n) is 7.44. The molecule has 0 saturated carbocycles. The number of amides is 3. The molecule has 1 unspecified atom stereocenters. The van der Waals surface area contributed by atoms with Crippen LogP contribution in [0.3, 0.4) is 0 Å². The zero-order chi connectivity index (χ0) is 21.3. The summed E-state index contributed by atoms with van der Waals surface area (Å²) in [5, 5.41) is 6.57. The van der Waals surface area contributed by atoms with E-state index in [0.717, 1.165) is 22.5 Å². The summed E-state index contributed by atoms with van der Waals surface area (Å²) in [5.74, 6) is -0.0436. The van der Waals surface area contributed by atoms with Crippen molar-refractivity contribution in [3.63, 3.8) is 0 Å². The Bertz CT molecular complexity index is 992. The fourth-order valence-corrected chi connectivity index (χ4v) is 3.79. The van der Waals surface area contributed by atoms with Crippen molar-refractivity contribution in [1.82, 2.24) is 5.01 Å². The lowest BCUT2D eigenvalue weighted by molar-refractivity contribution is -0.125.